The molecule has 0 radical (unpaired) electrons. The smallest absolute Gasteiger partial charge is 0.335 e. The maximum atomic E-state index is 13.1. The molecule has 0 aliphatic carbocycles. The molecule has 1 saturated heterocycles. The van der Waals surface area contributed by atoms with Crippen LogP contribution < -0.4 is 15.0 Å². The van der Waals surface area contributed by atoms with Crippen LogP contribution in [0.15, 0.2) is 64.6 Å². The molecule has 0 atom stereocenters. The second-order valence-electron chi connectivity index (χ2n) is 7.95. The number of carbonyl (C=O) groups is 3. The zero-order valence-corrected chi connectivity index (χ0v) is 21.8. The first-order chi connectivity index (χ1) is 16.6. The lowest BCUT2D eigenvalue weighted by atomic mass is 10.1. The number of rotatable bonds is 5. The molecule has 0 aromatic heterocycles. The van der Waals surface area contributed by atoms with Crippen molar-refractivity contribution < 1.29 is 19.1 Å². The Balaban J connectivity index is 1.56. The number of halogens is 3. The first-order valence-electron chi connectivity index (χ1n) is 10.5. The predicted molar refractivity (Wildman–Crippen MR) is 140 cm³/mol. The van der Waals surface area contributed by atoms with Crippen molar-refractivity contribution in [1.29, 1.82) is 0 Å². The molecule has 4 amide bonds. The number of hydrogen-bond acceptors (Lipinski definition) is 4. The first-order valence-corrected chi connectivity index (χ1v) is 12.0. The van der Waals surface area contributed by atoms with Crippen molar-refractivity contribution >= 4 is 68.7 Å². The van der Waals surface area contributed by atoms with Crippen LogP contribution in [0.4, 0.5) is 10.5 Å². The lowest BCUT2D eigenvalue weighted by molar-refractivity contribution is -0.122. The van der Waals surface area contributed by atoms with Crippen LogP contribution in [0.5, 0.6) is 5.75 Å². The summed E-state index contributed by atoms with van der Waals surface area (Å²) in [5.74, 6) is -0.890. The van der Waals surface area contributed by atoms with Gasteiger partial charge in [0.1, 0.15) is 17.9 Å². The van der Waals surface area contributed by atoms with E-state index in [9.17, 15) is 14.4 Å². The third-order valence-electron chi connectivity index (χ3n) is 5.50. The fourth-order valence-corrected chi connectivity index (χ4v) is 4.27. The predicted octanol–water partition coefficient (Wildman–Crippen LogP) is 6.62. The van der Waals surface area contributed by atoms with E-state index in [2.05, 4.69) is 21.2 Å². The Kier molecular flexibility index (Phi) is 7.31. The number of nitrogens with zero attached hydrogens (tertiary/aromatic N) is 1. The van der Waals surface area contributed by atoms with Gasteiger partial charge >= 0.3 is 6.03 Å². The van der Waals surface area contributed by atoms with Gasteiger partial charge < -0.3 is 4.74 Å². The highest BCUT2D eigenvalue weighted by molar-refractivity contribution is 9.10. The van der Waals surface area contributed by atoms with Crippen molar-refractivity contribution in [2.75, 3.05) is 4.90 Å². The monoisotopic (exact) mass is 572 g/mol. The number of aryl methyl sites for hydroxylation is 2. The third-order valence-corrected chi connectivity index (χ3v) is 6.85. The largest absolute Gasteiger partial charge is 0.488 e. The molecule has 0 saturated carbocycles. The summed E-state index contributed by atoms with van der Waals surface area (Å²) >= 11 is 15.5. The molecule has 35 heavy (non-hydrogen) atoms. The van der Waals surface area contributed by atoms with E-state index in [-0.39, 0.29) is 12.2 Å². The van der Waals surface area contributed by atoms with Crippen molar-refractivity contribution in [3.8, 4) is 5.75 Å². The second kappa shape index (κ2) is 10.2. The van der Waals surface area contributed by atoms with Gasteiger partial charge in [0.25, 0.3) is 11.8 Å². The minimum atomic E-state index is -0.785. The number of imide groups is 2. The fraction of sp³-hybridized carbons (Fsp3) is 0.115. The van der Waals surface area contributed by atoms with Gasteiger partial charge in [-0.25, -0.2) is 9.69 Å². The Morgan fingerprint density at radius 3 is 2.40 bits per heavy atom. The summed E-state index contributed by atoms with van der Waals surface area (Å²) in [6.45, 7) is 4.08. The van der Waals surface area contributed by atoms with Gasteiger partial charge in [-0.05, 0) is 94.5 Å². The van der Waals surface area contributed by atoms with Gasteiger partial charge in [0, 0.05) is 0 Å². The number of nitrogens with one attached hydrogen (secondary N) is 1. The molecular formula is C26H19BrCl2N2O4. The number of anilines is 1. The fourth-order valence-electron chi connectivity index (χ4n) is 3.44. The van der Waals surface area contributed by atoms with Crippen molar-refractivity contribution in [1.82, 2.24) is 5.32 Å². The number of barbiturate groups is 1. The molecule has 6 nitrogen and oxygen atoms in total. The highest BCUT2D eigenvalue weighted by atomic mass is 79.9. The summed E-state index contributed by atoms with van der Waals surface area (Å²) in [5, 5.41) is 3.15. The topological polar surface area (TPSA) is 75.7 Å². The van der Waals surface area contributed by atoms with E-state index >= 15 is 0 Å². The van der Waals surface area contributed by atoms with Crippen LogP contribution in [0.3, 0.4) is 0 Å². The average Bonchev–Trinajstić information content (AvgIpc) is 2.80. The van der Waals surface area contributed by atoms with Crippen LogP contribution in [-0.2, 0) is 16.2 Å². The van der Waals surface area contributed by atoms with E-state index in [1.165, 1.54) is 6.08 Å². The molecule has 3 aromatic carbocycles. The SMILES string of the molecule is Cc1ccc(N2C(=O)NC(=O)/C(=C\c3ccc(OCc4ccc(Cl)c(Cl)c4)c(Br)c3)C2=O)cc1C. The van der Waals surface area contributed by atoms with Gasteiger partial charge in [0.2, 0.25) is 0 Å². The summed E-state index contributed by atoms with van der Waals surface area (Å²) in [6.07, 6.45) is 1.44. The highest BCUT2D eigenvalue weighted by Gasteiger charge is 2.36. The number of hydrogen-bond donors (Lipinski definition) is 1. The van der Waals surface area contributed by atoms with Gasteiger partial charge in [-0.15, -0.1) is 0 Å². The molecule has 1 N–H and O–H groups in total. The van der Waals surface area contributed by atoms with E-state index in [1.54, 1.807) is 42.5 Å². The number of benzene rings is 3. The van der Waals surface area contributed by atoms with E-state index in [0.717, 1.165) is 21.6 Å². The average molecular weight is 574 g/mol. The Hall–Kier alpha value is -3.13. The van der Waals surface area contributed by atoms with Gasteiger partial charge in [-0.2, -0.15) is 0 Å². The van der Waals surface area contributed by atoms with Crippen LogP contribution in [0.1, 0.15) is 22.3 Å². The molecule has 0 unspecified atom stereocenters. The molecule has 9 heteroatoms. The zero-order valence-electron chi connectivity index (χ0n) is 18.7. The molecule has 4 rings (SSSR count). The molecule has 178 valence electrons. The maximum absolute atomic E-state index is 13.1. The van der Waals surface area contributed by atoms with Crippen molar-refractivity contribution in [2.45, 2.75) is 20.5 Å². The zero-order chi connectivity index (χ0) is 25.3. The van der Waals surface area contributed by atoms with Crippen LogP contribution in [-0.4, -0.2) is 17.8 Å². The normalized spacial score (nSPS) is 14.9. The second-order valence-corrected chi connectivity index (χ2v) is 9.62. The van der Waals surface area contributed by atoms with Crippen LogP contribution in [0.25, 0.3) is 6.08 Å². The number of carbonyl (C=O) groups excluding carboxylic acids is 3. The minimum Gasteiger partial charge on any atom is -0.488 e. The van der Waals surface area contributed by atoms with E-state index in [0.29, 0.717) is 31.5 Å². The van der Waals surface area contributed by atoms with Crippen molar-refractivity contribution in [3.05, 3.63) is 96.9 Å². The summed E-state index contributed by atoms with van der Waals surface area (Å²) in [5.41, 5.74) is 3.60. The lowest BCUT2D eigenvalue weighted by Gasteiger charge is -2.26. The summed E-state index contributed by atoms with van der Waals surface area (Å²) in [4.78, 5) is 39.0. The van der Waals surface area contributed by atoms with Crippen LogP contribution in [0, 0.1) is 13.8 Å². The molecule has 3 aromatic rings. The van der Waals surface area contributed by atoms with Crippen molar-refractivity contribution in [3.63, 3.8) is 0 Å². The van der Waals surface area contributed by atoms with E-state index < -0.39 is 17.8 Å². The molecule has 0 bridgehead atoms. The van der Waals surface area contributed by atoms with Crippen molar-refractivity contribution in [2.24, 2.45) is 0 Å². The van der Waals surface area contributed by atoms with Gasteiger partial charge in [-0.3, -0.25) is 14.9 Å². The quantitative estimate of drug-likeness (QED) is 0.275. The Morgan fingerprint density at radius 2 is 1.71 bits per heavy atom. The summed E-state index contributed by atoms with van der Waals surface area (Å²) in [7, 11) is 0. The van der Waals surface area contributed by atoms with E-state index in [4.69, 9.17) is 27.9 Å². The Labute approximate surface area is 220 Å². The Bertz CT molecular complexity index is 1400. The molecule has 1 heterocycles. The van der Waals surface area contributed by atoms with Gasteiger partial charge in [0.05, 0.1) is 20.2 Å². The van der Waals surface area contributed by atoms with Gasteiger partial charge in [-0.1, -0.05) is 41.4 Å². The molecule has 1 aliphatic rings. The Morgan fingerprint density at radius 1 is 0.943 bits per heavy atom. The van der Waals surface area contributed by atoms with E-state index in [1.807, 2.05) is 26.0 Å². The summed E-state index contributed by atoms with van der Waals surface area (Å²) in [6, 6.07) is 14.8. The number of amides is 4. The molecule has 1 aliphatic heterocycles. The molecule has 1 fully saturated rings. The highest BCUT2D eigenvalue weighted by Crippen LogP contribution is 2.30. The first kappa shape index (κ1) is 25.0. The number of ether oxygens (including phenoxy) is 1. The van der Waals surface area contributed by atoms with Gasteiger partial charge in [0.15, 0.2) is 0 Å². The molecule has 0 spiro atoms. The summed E-state index contributed by atoms with van der Waals surface area (Å²) < 4.78 is 6.47. The van der Waals surface area contributed by atoms with Crippen LogP contribution >= 0.6 is 39.1 Å². The number of urea groups is 1. The third kappa shape index (κ3) is 5.42. The lowest BCUT2D eigenvalue weighted by Crippen LogP contribution is -2.54. The minimum absolute atomic E-state index is 0.154. The standard InChI is InChI=1S/C26H19BrCl2N2O4/c1-14-3-6-18(9-15(14)2)31-25(33)19(24(32)30-26(31)34)10-16-5-8-23(20(27)11-16)35-13-17-4-7-21(28)22(29)12-17/h3-12H,13H2,1-2H3,(H,30,32,34)/b19-10+. The molecular weight excluding hydrogens is 555 g/mol. The maximum Gasteiger partial charge on any atom is 0.335 e. The van der Waals surface area contributed by atoms with Crippen LogP contribution in [0.2, 0.25) is 10.0 Å².